The SMILES string of the molecule is Cc1ccc(CNCCc2ccccc2C)cc1Cl. The van der Waals surface area contributed by atoms with Crippen molar-refractivity contribution in [2.45, 2.75) is 26.8 Å². The molecule has 0 atom stereocenters. The quantitative estimate of drug-likeness (QED) is 0.802. The van der Waals surface area contributed by atoms with Gasteiger partial charge in [0.2, 0.25) is 0 Å². The predicted octanol–water partition coefficient (Wildman–Crippen LogP) is 4.29. The summed E-state index contributed by atoms with van der Waals surface area (Å²) < 4.78 is 0. The third kappa shape index (κ3) is 4.09. The number of nitrogens with one attached hydrogen (secondary N) is 1. The van der Waals surface area contributed by atoms with E-state index in [0.29, 0.717) is 0 Å². The molecule has 0 aliphatic rings. The van der Waals surface area contributed by atoms with Gasteiger partial charge in [-0.3, -0.25) is 0 Å². The predicted molar refractivity (Wildman–Crippen MR) is 82.8 cm³/mol. The maximum Gasteiger partial charge on any atom is 0.0438 e. The monoisotopic (exact) mass is 273 g/mol. The smallest absolute Gasteiger partial charge is 0.0438 e. The first-order chi connectivity index (χ1) is 9.16. The Labute approximate surface area is 120 Å². The lowest BCUT2D eigenvalue weighted by Crippen LogP contribution is -2.17. The van der Waals surface area contributed by atoms with Gasteiger partial charge in [0.05, 0.1) is 0 Å². The summed E-state index contributed by atoms with van der Waals surface area (Å²) in [6.07, 6.45) is 1.06. The van der Waals surface area contributed by atoms with Gasteiger partial charge in [0, 0.05) is 11.6 Å². The van der Waals surface area contributed by atoms with Crippen LogP contribution < -0.4 is 5.32 Å². The standard InChI is InChI=1S/C17H20ClN/c1-13-5-3-4-6-16(13)9-10-19-12-15-8-7-14(2)17(18)11-15/h3-8,11,19H,9-10,12H2,1-2H3. The number of hydrogen-bond acceptors (Lipinski definition) is 1. The summed E-state index contributed by atoms with van der Waals surface area (Å²) in [6.45, 7) is 6.04. The second kappa shape index (κ2) is 6.74. The van der Waals surface area contributed by atoms with E-state index in [2.05, 4.69) is 48.6 Å². The third-order valence-corrected chi connectivity index (χ3v) is 3.80. The van der Waals surface area contributed by atoms with Crippen LogP contribution in [0.2, 0.25) is 5.02 Å². The Hall–Kier alpha value is -1.31. The van der Waals surface area contributed by atoms with E-state index in [1.807, 2.05) is 13.0 Å². The Morgan fingerprint density at radius 1 is 1.00 bits per heavy atom. The number of halogens is 1. The van der Waals surface area contributed by atoms with Crippen molar-refractivity contribution in [1.29, 1.82) is 0 Å². The fourth-order valence-corrected chi connectivity index (χ4v) is 2.30. The van der Waals surface area contributed by atoms with Gasteiger partial charge in [-0.15, -0.1) is 0 Å². The van der Waals surface area contributed by atoms with Crippen molar-refractivity contribution in [3.63, 3.8) is 0 Å². The van der Waals surface area contributed by atoms with Gasteiger partial charge in [-0.2, -0.15) is 0 Å². The molecular formula is C17H20ClN. The highest BCUT2D eigenvalue weighted by Crippen LogP contribution is 2.16. The molecular weight excluding hydrogens is 254 g/mol. The van der Waals surface area contributed by atoms with Crippen LogP contribution in [0.15, 0.2) is 42.5 Å². The molecule has 2 aromatic rings. The Kier molecular flexibility index (Phi) is 5.00. The minimum atomic E-state index is 0.846. The van der Waals surface area contributed by atoms with E-state index in [4.69, 9.17) is 11.6 Å². The Balaban J connectivity index is 1.81. The van der Waals surface area contributed by atoms with Crippen molar-refractivity contribution in [3.05, 3.63) is 69.7 Å². The summed E-state index contributed by atoms with van der Waals surface area (Å²) in [4.78, 5) is 0. The molecule has 0 bridgehead atoms. The van der Waals surface area contributed by atoms with Gasteiger partial charge in [0.15, 0.2) is 0 Å². The number of aryl methyl sites for hydroxylation is 2. The first-order valence-electron chi connectivity index (χ1n) is 6.67. The summed E-state index contributed by atoms with van der Waals surface area (Å²) in [6, 6.07) is 14.8. The maximum atomic E-state index is 6.12. The number of benzene rings is 2. The number of hydrogen-bond donors (Lipinski definition) is 1. The first kappa shape index (κ1) is 14.1. The molecule has 0 aliphatic heterocycles. The minimum Gasteiger partial charge on any atom is -0.312 e. The highest BCUT2D eigenvalue weighted by molar-refractivity contribution is 6.31. The molecule has 2 aromatic carbocycles. The molecule has 2 heteroatoms. The van der Waals surface area contributed by atoms with Crippen molar-refractivity contribution >= 4 is 11.6 Å². The molecule has 0 unspecified atom stereocenters. The second-order valence-electron chi connectivity index (χ2n) is 4.94. The Morgan fingerprint density at radius 3 is 2.53 bits per heavy atom. The molecule has 0 heterocycles. The summed E-state index contributed by atoms with van der Waals surface area (Å²) >= 11 is 6.12. The van der Waals surface area contributed by atoms with E-state index >= 15 is 0 Å². The van der Waals surface area contributed by atoms with Gasteiger partial charge in [-0.25, -0.2) is 0 Å². The van der Waals surface area contributed by atoms with Gasteiger partial charge < -0.3 is 5.32 Å². The molecule has 0 saturated heterocycles. The third-order valence-electron chi connectivity index (χ3n) is 3.40. The molecule has 0 radical (unpaired) electrons. The minimum absolute atomic E-state index is 0.846. The van der Waals surface area contributed by atoms with Crippen molar-refractivity contribution in [1.82, 2.24) is 5.32 Å². The topological polar surface area (TPSA) is 12.0 Å². The molecule has 0 aromatic heterocycles. The lowest BCUT2D eigenvalue weighted by atomic mass is 10.1. The van der Waals surface area contributed by atoms with Crippen molar-refractivity contribution in [2.75, 3.05) is 6.54 Å². The summed E-state index contributed by atoms with van der Waals surface area (Å²) in [5.41, 5.74) is 5.14. The van der Waals surface area contributed by atoms with E-state index < -0.39 is 0 Å². The van der Waals surface area contributed by atoms with Gasteiger partial charge in [-0.05, 0) is 55.1 Å². The lowest BCUT2D eigenvalue weighted by Gasteiger charge is -2.08. The van der Waals surface area contributed by atoms with Gasteiger partial charge in [-0.1, -0.05) is 48.0 Å². The van der Waals surface area contributed by atoms with E-state index in [9.17, 15) is 0 Å². The van der Waals surface area contributed by atoms with E-state index in [0.717, 1.165) is 30.1 Å². The average molecular weight is 274 g/mol. The highest BCUT2D eigenvalue weighted by atomic mass is 35.5. The molecule has 19 heavy (non-hydrogen) atoms. The molecule has 0 saturated carbocycles. The van der Waals surface area contributed by atoms with Crippen LogP contribution in [0.3, 0.4) is 0 Å². The highest BCUT2D eigenvalue weighted by Gasteiger charge is 1.99. The molecule has 0 amide bonds. The molecule has 0 fully saturated rings. The van der Waals surface area contributed by atoms with Gasteiger partial charge in [0.1, 0.15) is 0 Å². The molecule has 1 nitrogen and oxygen atoms in total. The molecule has 100 valence electrons. The molecule has 2 rings (SSSR count). The average Bonchev–Trinajstić information content (AvgIpc) is 2.40. The molecule has 0 spiro atoms. The zero-order chi connectivity index (χ0) is 13.7. The Morgan fingerprint density at radius 2 is 1.79 bits per heavy atom. The first-order valence-corrected chi connectivity index (χ1v) is 7.05. The second-order valence-corrected chi connectivity index (χ2v) is 5.34. The summed E-state index contributed by atoms with van der Waals surface area (Å²) in [7, 11) is 0. The normalized spacial score (nSPS) is 10.7. The van der Waals surface area contributed by atoms with Crippen LogP contribution in [0.1, 0.15) is 22.3 Å². The molecule has 0 aliphatic carbocycles. The van der Waals surface area contributed by atoms with E-state index in [-0.39, 0.29) is 0 Å². The van der Waals surface area contributed by atoms with Crippen molar-refractivity contribution in [3.8, 4) is 0 Å². The summed E-state index contributed by atoms with van der Waals surface area (Å²) in [5.74, 6) is 0. The fraction of sp³-hybridized carbons (Fsp3) is 0.294. The van der Waals surface area contributed by atoms with Crippen LogP contribution in [0.25, 0.3) is 0 Å². The van der Waals surface area contributed by atoms with Crippen molar-refractivity contribution < 1.29 is 0 Å². The van der Waals surface area contributed by atoms with Gasteiger partial charge in [0.25, 0.3) is 0 Å². The van der Waals surface area contributed by atoms with Crippen LogP contribution in [0, 0.1) is 13.8 Å². The molecule has 1 N–H and O–H groups in total. The maximum absolute atomic E-state index is 6.12. The number of rotatable bonds is 5. The van der Waals surface area contributed by atoms with Crippen LogP contribution in [-0.2, 0) is 13.0 Å². The van der Waals surface area contributed by atoms with E-state index in [1.54, 1.807) is 0 Å². The van der Waals surface area contributed by atoms with Crippen LogP contribution in [-0.4, -0.2) is 6.54 Å². The van der Waals surface area contributed by atoms with Crippen LogP contribution in [0.4, 0.5) is 0 Å². The fourth-order valence-electron chi connectivity index (χ4n) is 2.09. The zero-order valence-corrected chi connectivity index (χ0v) is 12.3. The lowest BCUT2D eigenvalue weighted by molar-refractivity contribution is 0.685. The zero-order valence-electron chi connectivity index (χ0n) is 11.5. The van der Waals surface area contributed by atoms with Crippen LogP contribution >= 0.6 is 11.6 Å². The van der Waals surface area contributed by atoms with Crippen LogP contribution in [0.5, 0.6) is 0 Å². The van der Waals surface area contributed by atoms with E-state index in [1.165, 1.54) is 16.7 Å². The van der Waals surface area contributed by atoms with Gasteiger partial charge >= 0.3 is 0 Å². The summed E-state index contributed by atoms with van der Waals surface area (Å²) in [5, 5.41) is 4.31. The largest absolute Gasteiger partial charge is 0.312 e. The van der Waals surface area contributed by atoms with Crippen molar-refractivity contribution in [2.24, 2.45) is 0 Å². The Bertz CT molecular complexity index is 549.